The summed E-state index contributed by atoms with van der Waals surface area (Å²) in [4.78, 5) is 0. The zero-order chi connectivity index (χ0) is 13.2. The number of aliphatic hydroxyl groups is 1. The number of fused-ring (bicyclic) bond motifs is 1. The second-order valence-corrected chi connectivity index (χ2v) is 4.87. The van der Waals surface area contributed by atoms with Crippen LogP contribution in [0.15, 0.2) is 34.9 Å². The third-order valence-corrected chi connectivity index (χ3v) is 3.64. The molecular weight excluding hydrogens is 240 g/mol. The van der Waals surface area contributed by atoms with Gasteiger partial charge in [-0.25, -0.2) is 0 Å². The van der Waals surface area contributed by atoms with E-state index in [1.54, 1.807) is 6.26 Å². The van der Waals surface area contributed by atoms with E-state index in [4.69, 9.17) is 9.15 Å². The molecule has 3 heteroatoms. The summed E-state index contributed by atoms with van der Waals surface area (Å²) in [5.41, 5.74) is 2.95. The monoisotopic (exact) mass is 258 g/mol. The summed E-state index contributed by atoms with van der Waals surface area (Å²) < 4.78 is 11.0. The predicted molar refractivity (Wildman–Crippen MR) is 72.4 cm³/mol. The molecule has 0 amide bonds. The Morgan fingerprint density at radius 3 is 3.05 bits per heavy atom. The minimum atomic E-state index is -0.624. The lowest BCUT2D eigenvalue weighted by Gasteiger charge is -2.19. The lowest BCUT2D eigenvalue weighted by molar-refractivity contribution is 0.216. The second-order valence-electron chi connectivity index (χ2n) is 4.87. The van der Waals surface area contributed by atoms with Gasteiger partial charge >= 0.3 is 0 Å². The van der Waals surface area contributed by atoms with Crippen LogP contribution in [0.5, 0.6) is 5.75 Å². The lowest BCUT2D eigenvalue weighted by atomic mass is 9.96. The first-order valence-corrected chi connectivity index (χ1v) is 6.79. The van der Waals surface area contributed by atoms with Gasteiger partial charge in [0.05, 0.1) is 12.9 Å². The van der Waals surface area contributed by atoms with Crippen LogP contribution in [-0.4, -0.2) is 11.7 Å². The molecule has 1 N–H and O–H groups in total. The Bertz CT molecular complexity index is 571. The number of ether oxygens (including phenoxy) is 1. The van der Waals surface area contributed by atoms with Gasteiger partial charge in [-0.3, -0.25) is 0 Å². The zero-order valence-electron chi connectivity index (χ0n) is 11.1. The van der Waals surface area contributed by atoms with Crippen LogP contribution in [0, 0.1) is 0 Å². The van der Waals surface area contributed by atoms with E-state index in [-0.39, 0.29) is 0 Å². The van der Waals surface area contributed by atoms with Gasteiger partial charge in [-0.15, -0.1) is 0 Å². The first kappa shape index (κ1) is 12.3. The van der Waals surface area contributed by atoms with Gasteiger partial charge < -0.3 is 14.3 Å². The molecule has 3 nitrogen and oxygen atoms in total. The first-order valence-electron chi connectivity index (χ1n) is 6.79. The Labute approximate surface area is 112 Å². The molecule has 2 heterocycles. The number of hydrogen-bond donors (Lipinski definition) is 1. The third kappa shape index (κ3) is 2.26. The van der Waals surface area contributed by atoms with Crippen LogP contribution < -0.4 is 4.74 Å². The number of aliphatic hydroxyl groups excluding tert-OH is 1. The summed E-state index contributed by atoms with van der Waals surface area (Å²) in [6.45, 7) is 2.81. The third-order valence-electron chi connectivity index (χ3n) is 3.64. The fourth-order valence-corrected chi connectivity index (χ4v) is 2.61. The van der Waals surface area contributed by atoms with Gasteiger partial charge in [-0.05, 0) is 42.2 Å². The average Bonchev–Trinajstić information content (AvgIpc) is 2.94. The van der Waals surface area contributed by atoms with Crippen molar-refractivity contribution in [3.63, 3.8) is 0 Å². The lowest BCUT2D eigenvalue weighted by Crippen LogP contribution is -2.09. The summed E-state index contributed by atoms with van der Waals surface area (Å²) in [6.07, 6.45) is 3.85. The van der Waals surface area contributed by atoms with Crippen molar-refractivity contribution in [2.24, 2.45) is 0 Å². The van der Waals surface area contributed by atoms with Crippen LogP contribution in [0.2, 0.25) is 0 Å². The highest BCUT2D eigenvalue weighted by atomic mass is 16.5. The largest absolute Gasteiger partial charge is 0.493 e. The van der Waals surface area contributed by atoms with Gasteiger partial charge in [0, 0.05) is 12.0 Å². The minimum absolute atomic E-state index is 0.624. The minimum Gasteiger partial charge on any atom is -0.493 e. The quantitative estimate of drug-likeness (QED) is 0.919. The molecule has 0 bridgehead atoms. The Morgan fingerprint density at radius 2 is 2.21 bits per heavy atom. The van der Waals surface area contributed by atoms with Crippen LogP contribution >= 0.6 is 0 Å². The van der Waals surface area contributed by atoms with Crippen molar-refractivity contribution >= 4 is 0 Å². The van der Waals surface area contributed by atoms with E-state index in [1.165, 1.54) is 5.56 Å². The topological polar surface area (TPSA) is 42.6 Å². The Hall–Kier alpha value is -1.74. The molecule has 1 unspecified atom stereocenters. The molecule has 1 aliphatic rings. The van der Waals surface area contributed by atoms with Crippen molar-refractivity contribution in [2.45, 2.75) is 32.3 Å². The highest BCUT2D eigenvalue weighted by Gasteiger charge is 2.19. The molecule has 19 heavy (non-hydrogen) atoms. The van der Waals surface area contributed by atoms with Crippen molar-refractivity contribution in [1.82, 2.24) is 0 Å². The van der Waals surface area contributed by atoms with Crippen LogP contribution in [-0.2, 0) is 12.8 Å². The van der Waals surface area contributed by atoms with Gasteiger partial charge in [0.15, 0.2) is 0 Å². The smallest absolute Gasteiger partial charge is 0.122 e. The molecule has 0 aliphatic carbocycles. The molecule has 1 aromatic heterocycles. The summed E-state index contributed by atoms with van der Waals surface area (Å²) >= 11 is 0. The van der Waals surface area contributed by atoms with E-state index in [9.17, 15) is 5.11 Å². The van der Waals surface area contributed by atoms with Gasteiger partial charge in [0.25, 0.3) is 0 Å². The second kappa shape index (κ2) is 5.10. The highest BCUT2D eigenvalue weighted by molar-refractivity contribution is 5.42. The van der Waals surface area contributed by atoms with Gasteiger partial charge in [-0.1, -0.05) is 13.0 Å². The summed E-state index contributed by atoms with van der Waals surface area (Å²) in [5, 5.41) is 10.5. The molecule has 1 atom stereocenters. The normalized spacial score (nSPS) is 15.7. The number of rotatable bonds is 3. The zero-order valence-corrected chi connectivity index (χ0v) is 11.1. The van der Waals surface area contributed by atoms with Gasteiger partial charge in [0.1, 0.15) is 17.6 Å². The molecule has 1 aromatic carbocycles. The van der Waals surface area contributed by atoms with Crippen LogP contribution in [0.3, 0.4) is 0 Å². The Kier molecular flexibility index (Phi) is 3.30. The van der Waals surface area contributed by atoms with Crippen molar-refractivity contribution in [3.8, 4) is 5.75 Å². The van der Waals surface area contributed by atoms with Gasteiger partial charge in [-0.2, -0.15) is 0 Å². The van der Waals surface area contributed by atoms with E-state index < -0.39 is 6.10 Å². The molecule has 1 aliphatic heterocycles. The maximum atomic E-state index is 10.5. The Balaban J connectivity index is 1.93. The SMILES string of the molecule is CCc1occc1C(O)c1ccc2c(c1)CCCO2. The van der Waals surface area contributed by atoms with Crippen molar-refractivity contribution in [1.29, 1.82) is 0 Å². The van der Waals surface area contributed by atoms with Gasteiger partial charge in [0.2, 0.25) is 0 Å². The summed E-state index contributed by atoms with van der Waals surface area (Å²) in [7, 11) is 0. The van der Waals surface area contributed by atoms with E-state index in [0.717, 1.165) is 48.5 Å². The molecule has 2 aromatic rings. The Morgan fingerprint density at radius 1 is 1.32 bits per heavy atom. The maximum Gasteiger partial charge on any atom is 0.122 e. The number of benzene rings is 1. The fourth-order valence-electron chi connectivity index (χ4n) is 2.61. The molecular formula is C16H18O3. The molecule has 0 fully saturated rings. The van der Waals surface area contributed by atoms with Crippen LogP contribution in [0.4, 0.5) is 0 Å². The van der Waals surface area contributed by atoms with E-state index in [1.807, 2.05) is 31.2 Å². The van der Waals surface area contributed by atoms with Crippen molar-refractivity contribution < 1.29 is 14.3 Å². The van der Waals surface area contributed by atoms with Crippen LogP contribution in [0.1, 0.15) is 41.9 Å². The van der Waals surface area contributed by atoms with E-state index in [2.05, 4.69) is 0 Å². The predicted octanol–water partition coefficient (Wildman–Crippen LogP) is 3.25. The first-order chi connectivity index (χ1) is 9.29. The summed E-state index contributed by atoms with van der Waals surface area (Å²) in [6, 6.07) is 7.78. The summed E-state index contributed by atoms with van der Waals surface area (Å²) in [5.74, 6) is 1.80. The molecule has 0 spiro atoms. The van der Waals surface area contributed by atoms with Crippen molar-refractivity contribution in [2.75, 3.05) is 6.61 Å². The molecule has 0 radical (unpaired) electrons. The number of furan rings is 1. The highest BCUT2D eigenvalue weighted by Crippen LogP contribution is 2.31. The maximum absolute atomic E-state index is 10.5. The average molecular weight is 258 g/mol. The molecule has 0 saturated heterocycles. The van der Waals surface area contributed by atoms with Crippen molar-refractivity contribution in [3.05, 3.63) is 53.0 Å². The fraction of sp³-hybridized carbons (Fsp3) is 0.375. The van der Waals surface area contributed by atoms with E-state index >= 15 is 0 Å². The van der Waals surface area contributed by atoms with E-state index in [0.29, 0.717) is 0 Å². The molecule has 0 saturated carbocycles. The van der Waals surface area contributed by atoms with Crippen LogP contribution in [0.25, 0.3) is 0 Å². The standard InChI is InChI=1S/C16H18O3/c1-2-14-13(7-9-19-14)16(17)12-5-6-15-11(10-12)4-3-8-18-15/h5-7,9-10,16-17H,2-4,8H2,1H3. The number of hydrogen-bond acceptors (Lipinski definition) is 3. The molecule has 100 valence electrons. The molecule has 3 rings (SSSR count). The number of aryl methyl sites for hydroxylation is 2.